The maximum atomic E-state index is 10.3. The van der Waals surface area contributed by atoms with E-state index in [1.807, 2.05) is 18.2 Å². The van der Waals surface area contributed by atoms with E-state index >= 15 is 0 Å². The first-order valence-corrected chi connectivity index (χ1v) is 8.03. The van der Waals surface area contributed by atoms with Crippen molar-refractivity contribution in [2.24, 2.45) is 5.92 Å². The lowest BCUT2D eigenvalue weighted by Crippen LogP contribution is -2.16. The number of rotatable bonds is 10. The summed E-state index contributed by atoms with van der Waals surface area (Å²) in [6.45, 7) is 4.43. The first-order valence-electron chi connectivity index (χ1n) is 8.03. The van der Waals surface area contributed by atoms with E-state index in [1.165, 1.54) is 19.3 Å². The lowest BCUT2D eigenvalue weighted by atomic mass is 9.91. The predicted molar refractivity (Wildman–Crippen MR) is 87.2 cm³/mol. The quantitative estimate of drug-likeness (QED) is 0.702. The number of aliphatic hydroxyl groups excluding tert-OH is 1. The van der Waals surface area contributed by atoms with Gasteiger partial charge >= 0.3 is 0 Å². The van der Waals surface area contributed by atoms with Crippen LogP contribution in [0.4, 0.5) is 0 Å². The van der Waals surface area contributed by atoms with Crippen molar-refractivity contribution in [3.8, 4) is 11.5 Å². The Morgan fingerprint density at radius 1 is 1.10 bits per heavy atom. The molecule has 0 aliphatic rings. The summed E-state index contributed by atoms with van der Waals surface area (Å²) in [5, 5.41) is 10.3. The van der Waals surface area contributed by atoms with Crippen molar-refractivity contribution in [1.82, 2.24) is 0 Å². The molecule has 1 N–H and O–H groups in total. The van der Waals surface area contributed by atoms with Gasteiger partial charge in [0.15, 0.2) is 11.5 Å². The molecule has 1 aromatic rings. The van der Waals surface area contributed by atoms with E-state index < -0.39 is 0 Å². The van der Waals surface area contributed by atoms with Crippen LogP contribution in [0, 0.1) is 5.92 Å². The molecule has 0 aromatic heterocycles. The SMILES string of the molecule is CCCCC(CC)CC(O)Cc1ccc(OC)c(OC)c1. The predicted octanol–water partition coefficient (Wildman–Crippen LogP) is 4.21. The summed E-state index contributed by atoms with van der Waals surface area (Å²) in [4.78, 5) is 0. The maximum absolute atomic E-state index is 10.3. The van der Waals surface area contributed by atoms with E-state index in [9.17, 15) is 5.11 Å². The summed E-state index contributed by atoms with van der Waals surface area (Å²) in [6, 6.07) is 5.85. The van der Waals surface area contributed by atoms with Crippen molar-refractivity contribution in [2.45, 2.75) is 58.5 Å². The van der Waals surface area contributed by atoms with Gasteiger partial charge in [0.2, 0.25) is 0 Å². The zero-order valence-electron chi connectivity index (χ0n) is 13.9. The standard InChI is InChI=1S/C18H30O3/c1-5-7-8-14(6-2)11-16(19)12-15-9-10-17(20-3)18(13-15)21-4/h9-10,13-14,16,19H,5-8,11-12H2,1-4H3. The minimum Gasteiger partial charge on any atom is -0.493 e. The van der Waals surface area contributed by atoms with Crippen molar-refractivity contribution >= 4 is 0 Å². The van der Waals surface area contributed by atoms with Gasteiger partial charge in [-0.2, -0.15) is 0 Å². The molecule has 0 aliphatic carbocycles. The molecule has 120 valence electrons. The smallest absolute Gasteiger partial charge is 0.160 e. The van der Waals surface area contributed by atoms with Crippen molar-refractivity contribution < 1.29 is 14.6 Å². The second-order valence-electron chi connectivity index (χ2n) is 5.70. The van der Waals surface area contributed by atoms with E-state index in [1.54, 1.807) is 14.2 Å². The zero-order chi connectivity index (χ0) is 15.7. The molecule has 0 fully saturated rings. The molecule has 0 heterocycles. The van der Waals surface area contributed by atoms with Crippen LogP contribution in [0.1, 0.15) is 51.5 Å². The van der Waals surface area contributed by atoms with E-state index in [4.69, 9.17) is 9.47 Å². The van der Waals surface area contributed by atoms with Crippen molar-refractivity contribution in [3.63, 3.8) is 0 Å². The number of methoxy groups -OCH3 is 2. The summed E-state index contributed by atoms with van der Waals surface area (Å²) < 4.78 is 10.5. The Balaban J connectivity index is 2.59. The number of benzene rings is 1. The van der Waals surface area contributed by atoms with Crippen molar-refractivity contribution in [1.29, 1.82) is 0 Å². The molecule has 0 radical (unpaired) electrons. The monoisotopic (exact) mass is 294 g/mol. The highest BCUT2D eigenvalue weighted by Gasteiger charge is 2.14. The summed E-state index contributed by atoms with van der Waals surface area (Å²) in [7, 11) is 3.27. The molecule has 0 aliphatic heterocycles. The molecule has 0 amide bonds. The van der Waals surface area contributed by atoms with E-state index in [-0.39, 0.29) is 6.10 Å². The van der Waals surface area contributed by atoms with Crippen LogP contribution in [0.3, 0.4) is 0 Å². The number of hydrogen-bond donors (Lipinski definition) is 1. The largest absolute Gasteiger partial charge is 0.493 e. The molecule has 3 heteroatoms. The molecule has 2 atom stereocenters. The first-order chi connectivity index (χ1) is 10.1. The highest BCUT2D eigenvalue weighted by atomic mass is 16.5. The van der Waals surface area contributed by atoms with Gasteiger partial charge in [-0.05, 0) is 36.5 Å². The molecule has 1 aromatic carbocycles. The molecular weight excluding hydrogens is 264 g/mol. The number of hydrogen-bond acceptors (Lipinski definition) is 3. The third-order valence-electron chi connectivity index (χ3n) is 4.07. The fraction of sp³-hybridized carbons (Fsp3) is 0.667. The Kier molecular flexibility index (Phi) is 8.21. The summed E-state index contributed by atoms with van der Waals surface area (Å²) in [6.07, 6.45) is 6.10. The highest BCUT2D eigenvalue weighted by Crippen LogP contribution is 2.28. The van der Waals surface area contributed by atoms with Crippen LogP contribution in [-0.4, -0.2) is 25.4 Å². The minimum atomic E-state index is -0.287. The minimum absolute atomic E-state index is 0.287. The second kappa shape index (κ2) is 9.67. The van der Waals surface area contributed by atoms with Crippen LogP contribution in [0.15, 0.2) is 18.2 Å². The molecule has 0 bridgehead atoms. The molecule has 0 spiro atoms. The first kappa shape index (κ1) is 17.8. The molecule has 3 nitrogen and oxygen atoms in total. The number of aliphatic hydroxyl groups is 1. The van der Waals surface area contributed by atoms with Gasteiger partial charge in [0.25, 0.3) is 0 Å². The van der Waals surface area contributed by atoms with Crippen LogP contribution in [0.5, 0.6) is 11.5 Å². The van der Waals surface area contributed by atoms with Crippen molar-refractivity contribution in [3.05, 3.63) is 23.8 Å². The molecule has 0 saturated heterocycles. The lowest BCUT2D eigenvalue weighted by Gasteiger charge is -2.19. The average Bonchev–Trinajstić information content (AvgIpc) is 2.51. The lowest BCUT2D eigenvalue weighted by molar-refractivity contribution is 0.137. The Bertz CT molecular complexity index is 403. The van der Waals surface area contributed by atoms with Crippen LogP contribution >= 0.6 is 0 Å². The highest BCUT2D eigenvalue weighted by molar-refractivity contribution is 5.43. The van der Waals surface area contributed by atoms with Gasteiger partial charge in [-0.15, -0.1) is 0 Å². The molecule has 2 unspecified atom stereocenters. The van der Waals surface area contributed by atoms with Crippen LogP contribution < -0.4 is 9.47 Å². The second-order valence-corrected chi connectivity index (χ2v) is 5.70. The molecular formula is C18H30O3. The van der Waals surface area contributed by atoms with Crippen LogP contribution in [-0.2, 0) is 6.42 Å². The van der Waals surface area contributed by atoms with Crippen LogP contribution in [0.2, 0.25) is 0 Å². The van der Waals surface area contributed by atoms with Gasteiger partial charge in [0.05, 0.1) is 20.3 Å². The number of unbranched alkanes of at least 4 members (excludes halogenated alkanes) is 1. The molecule has 1 rings (SSSR count). The third-order valence-corrected chi connectivity index (χ3v) is 4.07. The Morgan fingerprint density at radius 2 is 1.81 bits per heavy atom. The zero-order valence-corrected chi connectivity index (χ0v) is 13.9. The summed E-state index contributed by atoms with van der Waals surface area (Å²) in [5.41, 5.74) is 1.09. The Hall–Kier alpha value is -1.22. The van der Waals surface area contributed by atoms with Crippen molar-refractivity contribution in [2.75, 3.05) is 14.2 Å². The number of ether oxygens (including phenoxy) is 2. The third kappa shape index (κ3) is 5.96. The van der Waals surface area contributed by atoms with E-state index in [2.05, 4.69) is 13.8 Å². The Morgan fingerprint density at radius 3 is 2.38 bits per heavy atom. The van der Waals surface area contributed by atoms with Crippen LogP contribution in [0.25, 0.3) is 0 Å². The van der Waals surface area contributed by atoms with Gasteiger partial charge in [-0.25, -0.2) is 0 Å². The fourth-order valence-electron chi connectivity index (χ4n) is 2.73. The summed E-state index contributed by atoms with van der Waals surface area (Å²) in [5.74, 6) is 2.07. The fourth-order valence-corrected chi connectivity index (χ4v) is 2.73. The van der Waals surface area contributed by atoms with Gasteiger partial charge in [0, 0.05) is 0 Å². The van der Waals surface area contributed by atoms with Gasteiger partial charge in [-0.3, -0.25) is 0 Å². The Labute approximate surface area is 129 Å². The molecule has 0 saturated carbocycles. The van der Waals surface area contributed by atoms with Gasteiger partial charge < -0.3 is 14.6 Å². The summed E-state index contributed by atoms with van der Waals surface area (Å²) >= 11 is 0. The van der Waals surface area contributed by atoms with Gasteiger partial charge in [-0.1, -0.05) is 45.6 Å². The normalized spacial score (nSPS) is 13.8. The topological polar surface area (TPSA) is 38.7 Å². The van der Waals surface area contributed by atoms with Gasteiger partial charge in [0.1, 0.15) is 0 Å². The van der Waals surface area contributed by atoms with E-state index in [0.717, 1.165) is 29.9 Å². The maximum Gasteiger partial charge on any atom is 0.160 e. The molecule has 21 heavy (non-hydrogen) atoms. The van der Waals surface area contributed by atoms with E-state index in [0.29, 0.717) is 12.3 Å². The average molecular weight is 294 g/mol.